The van der Waals surface area contributed by atoms with Crippen LogP contribution in [0.25, 0.3) is 0 Å². The van der Waals surface area contributed by atoms with E-state index >= 15 is 0 Å². The summed E-state index contributed by atoms with van der Waals surface area (Å²) in [5, 5.41) is 2.83. The van der Waals surface area contributed by atoms with Crippen molar-refractivity contribution >= 4 is 21.6 Å². The smallest absolute Gasteiger partial charge is 0.255 e. The number of hydrogen-bond donors (Lipinski definition) is 2. The number of anilines is 1. The average molecular weight is 403 g/mol. The van der Waals surface area contributed by atoms with Crippen molar-refractivity contribution in [3.63, 3.8) is 0 Å². The summed E-state index contributed by atoms with van der Waals surface area (Å²) in [6, 6.07) is 10.1. The van der Waals surface area contributed by atoms with Crippen molar-refractivity contribution in [3.8, 4) is 5.75 Å². The fourth-order valence-electron chi connectivity index (χ4n) is 3.60. The highest BCUT2D eigenvalue weighted by atomic mass is 32.2. The number of sulfonamides is 1. The highest BCUT2D eigenvalue weighted by Gasteiger charge is 2.26. The van der Waals surface area contributed by atoms with Crippen molar-refractivity contribution in [2.75, 3.05) is 12.4 Å². The van der Waals surface area contributed by atoms with E-state index in [0.717, 1.165) is 36.8 Å². The molecule has 0 spiro atoms. The molecule has 0 radical (unpaired) electrons. The summed E-state index contributed by atoms with van der Waals surface area (Å²) in [6.45, 7) is 3.91. The standard InChI is InChI=1S/C21H26N2O4S/c1-14-10-15(2)12-18(11-14)22-21(24)16-8-9-19(27-3)20(13-16)28(25,26)23-17-6-4-5-7-17/h8-13,17,23H,4-7H2,1-3H3,(H,22,24). The fourth-order valence-corrected chi connectivity index (χ4v) is 5.10. The highest BCUT2D eigenvalue weighted by Crippen LogP contribution is 2.27. The van der Waals surface area contributed by atoms with E-state index in [1.807, 2.05) is 32.0 Å². The van der Waals surface area contributed by atoms with Gasteiger partial charge in [-0.15, -0.1) is 0 Å². The predicted octanol–water partition coefficient (Wildman–Crippen LogP) is 3.79. The molecular weight excluding hydrogens is 376 g/mol. The largest absolute Gasteiger partial charge is 0.495 e. The van der Waals surface area contributed by atoms with Crippen LogP contribution in [-0.2, 0) is 10.0 Å². The van der Waals surface area contributed by atoms with Crippen LogP contribution in [0.3, 0.4) is 0 Å². The summed E-state index contributed by atoms with van der Waals surface area (Å²) < 4.78 is 33.7. The molecule has 2 N–H and O–H groups in total. The van der Waals surface area contributed by atoms with Gasteiger partial charge in [0.25, 0.3) is 5.91 Å². The zero-order chi connectivity index (χ0) is 20.3. The summed E-state index contributed by atoms with van der Waals surface area (Å²) in [5.41, 5.74) is 3.00. The van der Waals surface area contributed by atoms with Crippen LogP contribution in [0.15, 0.2) is 41.3 Å². The number of amides is 1. The second-order valence-corrected chi connectivity index (χ2v) is 8.98. The lowest BCUT2D eigenvalue weighted by Gasteiger charge is -2.16. The summed E-state index contributed by atoms with van der Waals surface area (Å²) in [5.74, 6) is -0.154. The number of hydrogen-bond acceptors (Lipinski definition) is 4. The third-order valence-corrected chi connectivity index (χ3v) is 6.41. The van der Waals surface area contributed by atoms with Crippen molar-refractivity contribution in [1.82, 2.24) is 4.72 Å². The van der Waals surface area contributed by atoms with Crippen molar-refractivity contribution in [1.29, 1.82) is 0 Å². The minimum Gasteiger partial charge on any atom is -0.495 e. The molecule has 6 nitrogen and oxygen atoms in total. The summed E-state index contributed by atoms with van der Waals surface area (Å²) in [6.07, 6.45) is 3.69. The zero-order valence-electron chi connectivity index (χ0n) is 16.4. The lowest BCUT2D eigenvalue weighted by molar-refractivity contribution is 0.102. The van der Waals surface area contributed by atoms with Crippen LogP contribution in [0.4, 0.5) is 5.69 Å². The van der Waals surface area contributed by atoms with Crippen molar-refractivity contribution in [2.45, 2.75) is 50.5 Å². The Kier molecular flexibility index (Phi) is 6.05. The molecule has 2 aromatic carbocycles. The Morgan fingerprint density at radius 1 is 1.04 bits per heavy atom. The molecule has 1 amide bonds. The minimum atomic E-state index is -3.78. The Morgan fingerprint density at radius 3 is 2.29 bits per heavy atom. The molecule has 7 heteroatoms. The van der Waals surface area contributed by atoms with E-state index in [-0.39, 0.29) is 28.2 Å². The van der Waals surface area contributed by atoms with Gasteiger partial charge in [-0.2, -0.15) is 0 Å². The number of carbonyl (C=O) groups is 1. The van der Waals surface area contributed by atoms with E-state index in [2.05, 4.69) is 10.0 Å². The van der Waals surface area contributed by atoms with Crippen LogP contribution in [0.2, 0.25) is 0 Å². The van der Waals surface area contributed by atoms with Gasteiger partial charge in [-0.3, -0.25) is 4.79 Å². The van der Waals surface area contributed by atoms with Gasteiger partial charge in [0.1, 0.15) is 10.6 Å². The maximum absolute atomic E-state index is 12.9. The van der Waals surface area contributed by atoms with Gasteiger partial charge in [-0.05, 0) is 68.1 Å². The second kappa shape index (κ2) is 8.32. The van der Waals surface area contributed by atoms with Gasteiger partial charge in [0.05, 0.1) is 7.11 Å². The molecule has 0 unspecified atom stereocenters. The van der Waals surface area contributed by atoms with Gasteiger partial charge in [-0.1, -0.05) is 18.9 Å². The van der Waals surface area contributed by atoms with E-state index < -0.39 is 10.0 Å². The molecule has 0 bridgehead atoms. The molecule has 28 heavy (non-hydrogen) atoms. The summed E-state index contributed by atoms with van der Waals surface area (Å²) in [7, 11) is -2.37. The number of nitrogens with one attached hydrogen (secondary N) is 2. The first-order valence-electron chi connectivity index (χ1n) is 9.38. The molecule has 0 heterocycles. The quantitative estimate of drug-likeness (QED) is 0.770. The Labute approximate surface area is 166 Å². The third-order valence-electron chi connectivity index (χ3n) is 4.87. The van der Waals surface area contributed by atoms with Crippen LogP contribution in [0.5, 0.6) is 5.75 Å². The van der Waals surface area contributed by atoms with Gasteiger partial charge in [-0.25, -0.2) is 13.1 Å². The normalized spacial score (nSPS) is 14.8. The van der Waals surface area contributed by atoms with Gasteiger partial charge >= 0.3 is 0 Å². The molecular formula is C21H26N2O4S. The molecule has 0 aromatic heterocycles. The topological polar surface area (TPSA) is 84.5 Å². The van der Waals surface area contributed by atoms with E-state index in [4.69, 9.17) is 4.74 Å². The highest BCUT2D eigenvalue weighted by molar-refractivity contribution is 7.89. The zero-order valence-corrected chi connectivity index (χ0v) is 17.2. The second-order valence-electron chi connectivity index (χ2n) is 7.30. The molecule has 1 fully saturated rings. The Bertz CT molecular complexity index is 960. The monoisotopic (exact) mass is 402 g/mol. The van der Waals surface area contributed by atoms with Gasteiger partial charge < -0.3 is 10.1 Å². The van der Waals surface area contributed by atoms with Crippen LogP contribution >= 0.6 is 0 Å². The predicted molar refractivity (Wildman–Crippen MR) is 109 cm³/mol. The van der Waals surface area contributed by atoms with Crippen LogP contribution in [-0.4, -0.2) is 27.5 Å². The number of ether oxygens (including phenoxy) is 1. The lowest BCUT2D eigenvalue weighted by Crippen LogP contribution is -2.33. The number of aryl methyl sites for hydroxylation is 2. The van der Waals surface area contributed by atoms with E-state index in [0.29, 0.717) is 5.69 Å². The van der Waals surface area contributed by atoms with E-state index in [1.54, 1.807) is 6.07 Å². The number of rotatable bonds is 6. The van der Waals surface area contributed by atoms with Crippen LogP contribution in [0, 0.1) is 13.8 Å². The molecule has 0 atom stereocenters. The Balaban J connectivity index is 1.88. The molecule has 1 aliphatic rings. The van der Waals surface area contributed by atoms with Gasteiger partial charge in [0.15, 0.2) is 0 Å². The first-order valence-corrected chi connectivity index (χ1v) is 10.9. The molecule has 0 aliphatic heterocycles. The SMILES string of the molecule is COc1ccc(C(=O)Nc2cc(C)cc(C)c2)cc1S(=O)(=O)NC1CCCC1. The number of methoxy groups -OCH3 is 1. The Morgan fingerprint density at radius 2 is 1.68 bits per heavy atom. The lowest BCUT2D eigenvalue weighted by atomic mass is 10.1. The van der Waals surface area contributed by atoms with Crippen LogP contribution < -0.4 is 14.8 Å². The van der Waals surface area contributed by atoms with Crippen LogP contribution in [0.1, 0.15) is 47.2 Å². The maximum atomic E-state index is 12.9. The summed E-state index contributed by atoms with van der Waals surface area (Å²) in [4.78, 5) is 12.7. The van der Waals surface area contributed by atoms with Gasteiger partial charge in [0.2, 0.25) is 10.0 Å². The molecule has 3 rings (SSSR count). The first kappa shape index (κ1) is 20.4. The minimum absolute atomic E-state index is 0.0185. The van der Waals surface area contributed by atoms with Gasteiger partial charge in [0, 0.05) is 17.3 Å². The average Bonchev–Trinajstić information content (AvgIpc) is 3.12. The Hall–Kier alpha value is -2.38. The van der Waals surface area contributed by atoms with E-state index in [9.17, 15) is 13.2 Å². The van der Waals surface area contributed by atoms with Crippen molar-refractivity contribution in [2.24, 2.45) is 0 Å². The van der Waals surface area contributed by atoms with Crippen molar-refractivity contribution in [3.05, 3.63) is 53.1 Å². The number of benzene rings is 2. The molecule has 2 aromatic rings. The molecule has 150 valence electrons. The van der Waals surface area contributed by atoms with E-state index in [1.165, 1.54) is 19.2 Å². The van der Waals surface area contributed by atoms with Crippen molar-refractivity contribution < 1.29 is 17.9 Å². The maximum Gasteiger partial charge on any atom is 0.255 e. The number of carbonyl (C=O) groups excluding carboxylic acids is 1. The molecule has 0 saturated heterocycles. The molecule has 1 aliphatic carbocycles. The third kappa shape index (κ3) is 4.72. The first-order chi connectivity index (χ1) is 13.3. The summed E-state index contributed by atoms with van der Waals surface area (Å²) >= 11 is 0. The fraction of sp³-hybridized carbons (Fsp3) is 0.381. The molecule has 1 saturated carbocycles.